The highest BCUT2D eigenvalue weighted by molar-refractivity contribution is 5.55. The van der Waals surface area contributed by atoms with Gasteiger partial charge >= 0.3 is 0 Å². The average molecular weight is 228 g/mol. The number of aldehydes is 1. The van der Waals surface area contributed by atoms with E-state index in [1.165, 1.54) is 0 Å². The largest absolute Gasteiger partial charge is 0.457 e. The molecule has 88 valence electrons. The normalized spacial score (nSPS) is 9.18. The van der Waals surface area contributed by atoms with Gasteiger partial charge in [0.25, 0.3) is 0 Å². The van der Waals surface area contributed by atoms with Crippen LogP contribution in [0.1, 0.15) is 13.0 Å². The van der Waals surface area contributed by atoms with Crippen LogP contribution in [0, 0.1) is 0 Å². The Balaban J connectivity index is 0.00000144. The van der Waals surface area contributed by atoms with E-state index in [2.05, 4.69) is 0 Å². The summed E-state index contributed by atoms with van der Waals surface area (Å²) in [7, 11) is 0. The summed E-state index contributed by atoms with van der Waals surface area (Å²) in [5.74, 6) is 1.59. The minimum Gasteiger partial charge on any atom is -0.457 e. The van der Waals surface area contributed by atoms with Gasteiger partial charge in [0.1, 0.15) is 17.8 Å². The maximum Gasteiger partial charge on any atom is 0.127 e. The van der Waals surface area contributed by atoms with Crippen LogP contribution in [-0.4, -0.2) is 6.29 Å². The van der Waals surface area contributed by atoms with Crippen molar-refractivity contribution in [3.8, 4) is 11.5 Å². The molecule has 0 spiro atoms. The quantitative estimate of drug-likeness (QED) is 0.743. The van der Waals surface area contributed by atoms with Crippen LogP contribution in [0.2, 0.25) is 0 Å². The van der Waals surface area contributed by atoms with Crippen LogP contribution < -0.4 is 4.74 Å². The second-order valence-corrected chi connectivity index (χ2v) is 3.43. The summed E-state index contributed by atoms with van der Waals surface area (Å²) in [5.41, 5.74) is 0.996. The number of benzene rings is 2. The highest BCUT2D eigenvalue weighted by Crippen LogP contribution is 2.20. The molecule has 0 saturated heterocycles. The van der Waals surface area contributed by atoms with Gasteiger partial charge in [0, 0.05) is 6.42 Å². The summed E-state index contributed by atoms with van der Waals surface area (Å²) >= 11 is 0. The number of carbonyl (C=O) groups is 1. The Morgan fingerprint density at radius 2 is 1.47 bits per heavy atom. The summed E-state index contributed by atoms with van der Waals surface area (Å²) in [6.45, 7) is 0. The fourth-order valence-corrected chi connectivity index (χ4v) is 1.41. The van der Waals surface area contributed by atoms with Gasteiger partial charge in [-0.1, -0.05) is 37.8 Å². The zero-order valence-electron chi connectivity index (χ0n) is 8.80. The lowest BCUT2D eigenvalue weighted by Crippen LogP contribution is -1.87. The molecule has 2 nitrogen and oxygen atoms in total. The van der Waals surface area contributed by atoms with Gasteiger partial charge in [-0.05, 0) is 29.8 Å². The summed E-state index contributed by atoms with van der Waals surface area (Å²) in [5, 5.41) is 0. The van der Waals surface area contributed by atoms with E-state index in [0.29, 0.717) is 6.42 Å². The smallest absolute Gasteiger partial charge is 0.127 e. The third-order valence-corrected chi connectivity index (χ3v) is 2.22. The molecule has 0 bridgehead atoms. The molecular weight excluding hydrogens is 212 g/mol. The number of para-hydroxylation sites is 1. The van der Waals surface area contributed by atoms with Crippen LogP contribution in [0.5, 0.6) is 11.5 Å². The highest BCUT2D eigenvalue weighted by atomic mass is 16.5. The minimum absolute atomic E-state index is 0. The van der Waals surface area contributed by atoms with E-state index in [4.69, 9.17) is 4.74 Å². The first kappa shape index (κ1) is 13.0. The first-order chi connectivity index (χ1) is 7.88. The van der Waals surface area contributed by atoms with Crippen molar-refractivity contribution >= 4 is 6.29 Å². The molecule has 17 heavy (non-hydrogen) atoms. The van der Waals surface area contributed by atoms with Gasteiger partial charge in [-0.2, -0.15) is 0 Å². The molecule has 0 fully saturated rings. The van der Waals surface area contributed by atoms with Crippen LogP contribution in [0.4, 0.5) is 0 Å². The van der Waals surface area contributed by atoms with Crippen LogP contribution in [0.25, 0.3) is 0 Å². The SMILES string of the molecule is C.O=CCc1ccc(Oc2ccccc2)cc1. The third-order valence-electron chi connectivity index (χ3n) is 2.22. The Bertz CT molecular complexity index is 446. The molecule has 0 N–H and O–H groups in total. The maximum absolute atomic E-state index is 10.3. The summed E-state index contributed by atoms with van der Waals surface area (Å²) in [6, 6.07) is 17.1. The van der Waals surface area contributed by atoms with Crippen molar-refractivity contribution in [2.24, 2.45) is 0 Å². The van der Waals surface area contributed by atoms with Crippen LogP contribution in [0.3, 0.4) is 0 Å². The van der Waals surface area contributed by atoms with Crippen molar-refractivity contribution in [2.45, 2.75) is 13.8 Å². The van der Waals surface area contributed by atoms with Crippen molar-refractivity contribution in [3.05, 3.63) is 60.2 Å². The molecule has 0 atom stereocenters. The van der Waals surface area contributed by atoms with E-state index in [-0.39, 0.29) is 7.43 Å². The number of hydrogen-bond acceptors (Lipinski definition) is 2. The van der Waals surface area contributed by atoms with Crippen molar-refractivity contribution < 1.29 is 9.53 Å². The molecule has 0 heterocycles. The van der Waals surface area contributed by atoms with E-state index in [0.717, 1.165) is 23.3 Å². The van der Waals surface area contributed by atoms with Crippen molar-refractivity contribution in [1.82, 2.24) is 0 Å². The molecule has 2 aromatic carbocycles. The molecular formula is C15H16O2. The number of carbonyl (C=O) groups excluding carboxylic acids is 1. The van der Waals surface area contributed by atoms with E-state index < -0.39 is 0 Å². The van der Waals surface area contributed by atoms with Crippen molar-refractivity contribution in [1.29, 1.82) is 0 Å². The molecule has 0 saturated carbocycles. The molecule has 2 heteroatoms. The fourth-order valence-electron chi connectivity index (χ4n) is 1.41. The Morgan fingerprint density at radius 3 is 2.06 bits per heavy atom. The summed E-state index contributed by atoms with van der Waals surface area (Å²) in [4.78, 5) is 10.3. The van der Waals surface area contributed by atoms with Gasteiger partial charge < -0.3 is 9.53 Å². The average Bonchev–Trinajstić information content (AvgIpc) is 2.33. The standard InChI is InChI=1S/C14H12O2.CH4/c15-11-10-12-6-8-14(9-7-12)16-13-4-2-1-3-5-13;/h1-9,11H,10H2;1H4. The van der Waals surface area contributed by atoms with E-state index in [1.54, 1.807) is 0 Å². The second-order valence-electron chi connectivity index (χ2n) is 3.43. The van der Waals surface area contributed by atoms with Crippen molar-refractivity contribution in [2.75, 3.05) is 0 Å². The van der Waals surface area contributed by atoms with E-state index >= 15 is 0 Å². The molecule has 0 radical (unpaired) electrons. The Kier molecular flexibility index (Phi) is 4.95. The molecule has 0 aliphatic carbocycles. The van der Waals surface area contributed by atoms with Gasteiger partial charge in [0.05, 0.1) is 0 Å². The monoisotopic (exact) mass is 228 g/mol. The molecule has 0 aliphatic rings. The molecule has 0 amide bonds. The highest BCUT2D eigenvalue weighted by Gasteiger charge is 1.96. The fraction of sp³-hybridized carbons (Fsp3) is 0.133. The van der Waals surface area contributed by atoms with Crippen LogP contribution in [-0.2, 0) is 11.2 Å². The minimum atomic E-state index is 0. The van der Waals surface area contributed by atoms with Gasteiger partial charge in [-0.15, -0.1) is 0 Å². The maximum atomic E-state index is 10.3. The lowest BCUT2D eigenvalue weighted by molar-refractivity contribution is -0.107. The Hall–Kier alpha value is -2.09. The molecule has 2 rings (SSSR count). The van der Waals surface area contributed by atoms with Gasteiger partial charge in [0.15, 0.2) is 0 Å². The predicted octanol–water partition coefficient (Wildman–Crippen LogP) is 3.86. The van der Waals surface area contributed by atoms with Gasteiger partial charge in [-0.25, -0.2) is 0 Å². The number of hydrogen-bond donors (Lipinski definition) is 0. The Morgan fingerprint density at radius 1 is 0.882 bits per heavy atom. The zero-order chi connectivity index (χ0) is 11.2. The summed E-state index contributed by atoms with van der Waals surface area (Å²) < 4.78 is 5.62. The lowest BCUT2D eigenvalue weighted by atomic mass is 10.2. The zero-order valence-corrected chi connectivity index (χ0v) is 8.80. The number of rotatable bonds is 4. The lowest BCUT2D eigenvalue weighted by Gasteiger charge is -2.05. The van der Waals surface area contributed by atoms with Gasteiger partial charge in [0.2, 0.25) is 0 Å². The molecule has 0 aliphatic heterocycles. The molecule has 0 unspecified atom stereocenters. The number of ether oxygens (including phenoxy) is 1. The molecule has 0 aromatic heterocycles. The topological polar surface area (TPSA) is 26.3 Å². The summed E-state index contributed by atoms with van der Waals surface area (Å²) in [6.07, 6.45) is 1.35. The van der Waals surface area contributed by atoms with Crippen LogP contribution >= 0.6 is 0 Å². The molecule has 2 aromatic rings. The van der Waals surface area contributed by atoms with E-state index in [9.17, 15) is 4.79 Å². The third kappa shape index (κ3) is 3.76. The predicted molar refractivity (Wildman–Crippen MR) is 69.5 cm³/mol. The van der Waals surface area contributed by atoms with Gasteiger partial charge in [-0.3, -0.25) is 0 Å². The second kappa shape index (κ2) is 6.48. The van der Waals surface area contributed by atoms with Crippen LogP contribution in [0.15, 0.2) is 54.6 Å². The first-order valence-corrected chi connectivity index (χ1v) is 5.14. The van der Waals surface area contributed by atoms with E-state index in [1.807, 2.05) is 54.6 Å². The first-order valence-electron chi connectivity index (χ1n) is 5.14. The van der Waals surface area contributed by atoms with Crippen molar-refractivity contribution in [3.63, 3.8) is 0 Å². The Labute approximate surface area is 102 Å².